The van der Waals surface area contributed by atoms with Crippen LogP contribution in [-0.4, -0.2) is 0 Å². The van der Waals surface area contributed by atoms with Gasteiger partial charge in [-0.05, 0) is 114 Å². The third kappa shape index (κ3) is 4.45. The summed E-state index contributed by atoms with van der Waals surface area (Å²) in [4.78, 5) is 2.43. The van der Waals surface area contributed by atoms with E-state index in [-0.39, 0.29) is 0 Å². The predicted octanol–water partition coefficient (Wildman–Crippen LogP) is 14.0. The largest absolute Gasteiger partial charge is 0.310 e. The maximum absolute atomic E-state index is 2.48. The summed E-state index contributed by atoms with van der Waals surface area (Å²) < 4.78 is 0. The van der Waals surface area contributed by atoms with E-state index in [1.807, 2.05) is 0 Å². The maximum atomic E-state index is 2.48. The molecular weight excluding hydrogens is 651 g/mol. The van der Waals surface area contributed by atoms with Crippen molar-refractivity contribution in [2.45, 2.75) is 5.41 Å². The first-order chi connectivity index (χ1) is 26.8. The van der Waals surface area contributed by atoms with Crippen LogP contribution in [0.15, 0.2) is 212 Å². The average molecular weight is 686 g/mol. The molecule has 2 aliphatic carbocycles. The summed E-state index contributed by atoms with van der Waals surface area (Å²) in [5, 5.41) is 2.58. The lowest BCUT2D eigenvalue weighted by Crippen LogP contribution is -2.26. The van der Waals surface area contributed by atoms with Crippen molar-refractivity contribution in [3.05, 3.63) is 235 Å². The Morgan fingerprint density at radius 3 is 1.63 bits per heavy atom. The van der Waals surface area contributed by atoms with Gasteiger partial charge in [0.15, 0.2) is 0 Å². The van der Waals surface area contributed by atoms with Crippen LogP contribution in [0, 0.1) is 0 Å². The molecule has 252 valence electrons. The zero-order valence-corrected chi connectivity index (χ0v) is 29.7. The third-order valence-corrected chi connectivity index (χ3v) is 11.7. The molecule has 1 heteroatoms. The van der Waals surface area contributed by atoms with Gasteiger partial charge >= 0.3 is 0 Å². The van der Waals surface area contributed by atoms with Crippen LogP contribution in [0.5, 0.6) is 0 Å². The quantitative estimate of drug-likeness (QED) is 0.174. The van der Waals surface area contributed by atoms with Gasteiger partial charge in [0.2, 0.25) is 0 Å². The van der Waals surface area contributed by atoms with E-state index in [1.165, 1.54) is 77.5 Å². The number of fused-ring (bicyclic) bond motifs is 12. The van der Waals surface area contributed by atoms with Crippen molar-refractivity contribution in [1.82, 2.24) is 0 Å². The highest BCUT2D eigenvalue weighted by molar-refractivity contribution is 6.06. The molecule has 1 nitrogen and oxygen atoms in total. The average Bonchev–Trinajstić information content (AvgIpc) is 3.72. The molecule has 1 spiro atoms. The first kappa shape index (κ1) is 30.6. The summed E-state index contributed by atoms with van der Waals surface area (Å²) >= 11 is 0. The molecule has 0 radical (unpaired) electrons. The fraction of sp³-hybridized carbons (Fsp3) is 0.0189. The summed E-state index contributed by atoms with van der Waals surface area (Å²) in [5.74, 6) is 0. The van der Waals surface area contributed by atoms with Gasteiger partial charge in [-0.3, -0.25) is 0 Å². The van der Waals surface area contributed by atoms with E-state index in [1.54, 1.807) is 0 Å². The first-order valence-corrected chi connectivity index (χ1v) is 18.8. The monoisotopic (exact) mass is 685 g/mol. The fourth-order valence-corrected chi connectivity index (χ4v) is 9.37. The first-order valence-electron chi connectivity index (χ1n) is 18.8. The number of benzene rings is 9. The van der Waals surface area contributed by atoms with Crippen LogP contribution in [0.2, 0.25) is 0 Å². The Morgan fingerprint density at radius 2 is 0.852 bits per heavy atom. The number of nitrogens with zero attached hydrogens (tertiary/aromatic N) is 1. The van der Waals surface area contributed by atoms with E-state index in [0.29, 0.717) is 0 Å². The Hall–Kier alpha value is -6.96. The third-order valence-electron chi connectivity index (χ3n) is 11.7. The second kappa shape index (κ2) is 12.0. The summed E-state index contributed by atoms with van der Waals surface area (Å²) in [6, 6.07) is 78.2. The van der Waals surface area contributed by atoms with E-state index in [4.69, 9.17) is 0 Å². The van der Waals surface area contributed by atoms with E-state index >= 15 is 0 Å². The Bertz CT molecular complexity index is 2870. The van der Waals surface area contributed by atoms with Crippen LogP contribution in [0.3, 0.4) is 0 Å². The van der Waals surface area contributed by atoms with Gasteiger partial charge in [-0.2, -0.15) is 0 Å². The fourth-order valence-electron chi connectivity index (χ4n) is 9.37. The molecular formula is C53H35N. The minimum atomic E-state index is -0.452. The Labute approximate surface area is 316 Å². The van der Waals surface area contributed by atoms with Crippen molar-refractivity contribution in [2.75, 3.05) is 4.90 Å². The summed E-state index contributed by atoms with van der Waals surface area (Å²) in [6.45, 7) is 0. The molecule has 11 rings (SSSR count). The van der Waals surface area contributed by atoms with E-state index in [9.17, 15) is 0 Å². The zero-order chi connectivity index (χ0) is 35.6. The SMILES string of the molecule is c1ccc(-c2ccc(N(c3cccc(-c4ccccc4)c3)c3ccc4c(c3)C3(c5ccccc5-4)c4ccccc4-c4c3ccc3ccccc43)cc2)cc1. The molecule has 9 aromatic rings. The highest BCUT2D eigenvalue weighted by Crippen LogP contribution is 2.64. The molecule has 0 saturated heterocycles. The topological polar surface area (TPSA) is 3.24 Å². The molecule has 54 heavy (non-hydrogen) atoms. The molecule has 0 saturated carbocycles. The molecule has 0 aliphatic heterocycles. The summed E-state index contributed by atoms with van der Waals surface area (Å²) in [7, 11) is 0. The van der Waals surface area contributed by atoms with Crippen LogP contribution >= 0.6 is 0 Å². The molecule has 0 amide bonds. The van der Waals surface area contributed by atoms with Crippen molar-refractivity contribution in [3.63, 3.8) is 0 Å². The van der Waals surface area contributed by atoms with Gasteiger partial charge in [0.1, 0.15) is 0 Å². The van der Waals surface area contributed by atoms with Gasteiger partial charge in [-0.1, -0.05) is 176 Å². The molecule has 0 aromatic heterocycles. The molecule has 1 atom stereocenters. The number of rotatable bonds is 5. The molecule has 0 bridgehead atoms. The van der Waals surface area contributed by atoms with Crippen molar-refractivity contribution in [3.8, 4) is 44.5 Å². The van der Waals surface area contributed by atoms with Crippen molar-refractivity contribution < 1.29 is 0 Å². The van der Waals surface area contributed by atoms with Gasteiger partial charge in [-0.15, -0.1) is 0 Å². The smallest absolute Gasteiger partial charge is 0.0726 e. The Kier molecular flexibility index (Phi) is 6.84. The lowest BCUT2D eigenvalue weighted by atomic mass is 9.70. The molecule has 0 N–H and O–H groups in total. The van der Waals surface area contributed by atoms with Gasteiger partial charge in [-0.25, -0.2) is 0 Å². The van der Waals surface area contributed by atoms with Crippen molar-refractivity contribution >= 4 is 27.8 Å². The molecule has 9 aromatic carbocycles. The van der Waals surface area contributed by atoms with Crippen molar-refractivity contribution in [1.29, 1.82) is 0 Å². The minimum absolute atomic E-state index is 0.452. The second-order valence-electron chi connectivity index (χ2n) is 14.4. The normalized spacial score (nSPS) is 14.7. The van der Waals surface area contributed by atoms with Gasteiger partial charge in [0.25, 0.3) is 0 Å². The molecule has 0 heterocycles. The zero-order valence-electron chi connectivity index (χ0n) is 29.7. The standard InChI is InChI=1S/C53H35N/c1-3-14-36(15-4-1)38-26-29-41(30-27-38)54(42-20-13-19-40(34-42)37-16-5-2-6-17-37)43-31-32-46-45-22-9-11-24-48(45)53(51(46)35-43)49-25-12-10-23-47(49)52-44-21-8-7-18-39(44)28-33-50(52)53/h1-35H. The van der Waals surface area contributed by atoms with Gasteiger partial charge < -0.3 is 4.90 Å². The summed E-state index contributed by atoms with van der Waals surface area (Å²) in [5.41, 5.74) is 18.4. The van der Waals surface area contributed by atoms with Crippen molar-refractivity contribution in [2.24, 2.45) is 0 Å². The van der Waals surface area contributed by atoms with Crippen LogP contribution in [-0.2, 0) is 5.41 Å². The van der Waals surface area contributed by atoms with E-state index < -0.39 is 5.41 Å². The van der Waals surface area contributed by atoms with Crippen LogP contribution < -0.4 is 4.90 Å². The minimum Gasteiger partial charge on any atom is -0.310 e. The number of hydrogen-bond acceptors (Lipinski definition) is 1. The second-order valence-corrected chi connectivity index (χ2v) is 14.4. The predicted molar refractivity (Wildman–Crippen MR) is 226 cm³/mol. The van der Waals surface area contributed by atoms with Crippen LogP contribution in [0.4, 0.5) is 17.1 Å². The highest BCUT2D eigenvalue weighted by atomic mass is 15.1. The lowest BCUT2D eigenvalue weighted by Gasteiger charge is -2.32. The maximum Gasteiger partial charge on any atom is 0.0726 e. The lowest BCUT2D eigenvalue weighted by molar-refractivity contribution is 0.794. The van der Waals surface area contributed by atoms with Crippen LogP contribution in [0.1, 0.15) is 22.3 Å². The Balaban J connectivity index is 1.16. The number of hydrogen-bond donors (Lipinski definition) is 0. The Morgan fingerprint density at radius 1 is 0.296 bits per heavy atom. The van der Waals surface area contributed by atoms with Gasteiger partial charge in [0, 0.05) is 17.1 Å². The molecule has 1 unspecified atom stereocenters. The van der Waals surface area contributed by atoms with E-state index in [2.05, 4.69) is 217 Å². The van der Waals surface area contributed by atoms with E-state index in [0.717, 1.165) is 17.1 Å². The highest BCUT2D eigenvalue weighted by Gasteiger charge is 2.52. The molecule has 2 aliphatic rings. The molecule has 0 fully saturated rings. The number of anilines is 3. The van der Waals surface area contributed by atoms with Gasteiger partial charge in [0.05, 0.1) is 5.41 Å². The van der Waals surface area contributed by atoms with Crippen LogP contribution in [0.25, 0.3) is 55.3 Å². The summed E-state index contributed by atoms with van der Waals surface area (Å²) in [6.07, 6.45) is 0.